The molecule has 0 aliphatic carbocycles. The number of benzene rings is 2. The molecule has 0 radical (unpaired) electrons. The van der Waals surface area contributed by atoms with Crippen LogP contribution in [0.1, 0.15) is 32.6 Å². The van der Waals surface area contributed by atoms with Crippen molar-refractivity contribution < 1.29 is 14.3 Å². The highest BCUT2D eigenvalue weighted by Gasteiger charge is 2.13. The van der Waals surface area contributed by atoms with Gasteiger partial charge in [-0.05, 0) is 55.0 Å². The van der Waals surface area contributed by atoms with Crippen molar-refractivity contribution in [2.75, 3.05) is 19.1 Å². The second-order valence-electron chi connectivity index (χ2n) is 5.86. The van der Waals surface area contributed by atoms with Gasteiger partial charge in [0.15, 0.2) is 0 Å². The topological polar surface area (TPSA) is 51.1 Å². The van der Waals surface area contributed by atoms with Crippen molar-refractivity contribution in [1.82, 2.24) is 0 Å². The zero-order chi connectivity index (χ0) is 18.8. The fourth-order valence-electron chi connectivity index (χ4n) is 2.46. The van der Waals surface area contributed by atoms with E-state index in [9.17, 15) is 4.79 Å². The van der Waals surface area contributed by atoms with E-state index in [4.69, 9.17) is 9.47 Å². The van der Waals surface area contributed by atoms with Crippen LogP contribution < -0.4 is 14.4 Å². The van der Waals surface area contributed by atoms with Gasteiger partial charge in [0.1, 0.15) is 17.8 Å². The second kappa shape index (κ2) is 10.2. The zero-order valence-electron chi connectivity index (χ0n) is 15.6. The van der Waals surface area contributed by atoms with Crippen LogP contribution >= 0.6 is 0 Å². The molecule has 0 aliphatic rings. The molecule has 26 heavy (non-hydrogen) atoms. The van der Waals surface area contributed by atoms with E-state index >= 15 is 0 Å². The van der Waals surface area contributed by atoms with Gasteiger partial charge < -0.3 is 9.47 Å². The van der Waals surface area contributed by atoms with E-state index in [2.05, 4.69) is 11.9 Å². The standard InChI is InChI=1S/C21H26N2O3/c1-4-5-6-7-21(24)23(18-10-14-20(26-3)15-11-18)16-22-17-8-12-19(25-2)13-9-17/h8-16H,4-7H2,1-3H3. The molecule has 0 saturated carbocycles. The predicted octanol–water partition coefficient (Wildman–Crippen LogP) is 4.98. The summed E-state index contributed by atoms with van der Waals surface area (Å²) in [7, 11) is 3.24. The molecule has 5 nitrogen and oxygen atoms in total. The van der Waals surface area contributed by atoms with Crippen LogP contribution in [0.25, 0.3) is 0 Å². The molecular formula is C21H26N2O3. The number of methoxy groups -OCH3 is 2. The summed E-state index contributed by atoms with van der Waals surface area (Å²) < 4.78 is 10.3. The number of unbranched alkanes of at least 4 members (excludes halogenated alkanes) is 2. The number of aliphatic imine (C=N–C) groups is 1. The molecule has 1 amide bonds. The van der Waals surface area contributed by atoms with E-state index < -0.39 is 0 Å². The maximum Gasteiger partial charge on any atom is 0.232 e. The first-order valence-electron chi connectivity index (χ1n) is 8.82. The van der Waals surface area contributed by atoms with Gasteiger partial charge in [-0.2, -0.15) is 0 Å². The van der Waals surface area contributed by atoms with Crippen LogP contribution in [-0.2, 0) is 4.79 Å². The smallest absolute Gasteiger partial charge is 0.232 e. The van der Waals surface area contributed by atoms with E-state index in [-0.39, 0.29) is 5.91 Å². The van der Waals surface area contributed by atoms with Gasteiger partial charge >= 0.3 is 0 Å². The highest BCUT2D eigenvalue weighted by molar-refractivity contribution is 6.08. The third-order valence-electron chi connectivity index (χ3n) is 4.01. The Labute approximate surface area is 155 Å². The Morgan fingerprint density at radius 2 is 1.54 bits per heavy atom. The molecule has 0 spiro atoms. The number of carbonyl (C=O) groups excluding carboxylic acids is 1. The van der Waals surface area contributed by atoms with Gasteiger partial charge in [-0.15, -0.1) is 0 Å². The minimum absolute atomic E-state index is 0.0286. The lowest BCUT2D eigenvalue weighted by atomic mass is 10.2. The van der Waals surface area contributed by atoms with Gasteiger partial charge in [0, 0.05) is 6.42 Å². The Morgan fingerprint density at radius 1 is 0.962 bits per heavy atom. The van der Waals surface area contributed by atoms with Crippen LogP contribution in [0.5, 0.6) is 11.5 Å². The first-order valence-corrected chi connectivity index (χ1v) is 8.82. The third-order valence-corrected chi connectivity index (χ3v) is 4.01. The van der Waals surface area contributed by atoms with Gasteiger partial charge in [-0.3, -0.25) is 9.69 Å². The summed E-state index contributed by atoms with van der Waals surface area (Å²) in [6.07, 6.45) is 5.07. The number of ether oxygens (including phenoxy) is 2. The summed E-state index contributed by atoms with van der Waals surface area (Å²) in [6.45, 7) is 2.12. The normalized spacial score (nSPS) is 10.7. The van der Waals surface area contributed by atoms with Crippen molar-refractivity contribution in [2.24, 2.45) is 4.99 Å². The number of anilines is 1. The van der Waals surface area contributed by atoms with Gasteiger partial charge in [0.25, 0.3) is 0 Å². The van der Waals surface area contributed by atoms with E-state index in [1.165, 1.54) is 0 Å². The second-order valence-corrected chi connectivity index (χ2v) is 5.86. The maximum atomic E-state index is 12.7. The molecular weight excluding hydrogens is 328 g/mol. The number of hydrogen-bond donors (Lipinski definition) is 0. The number of carbonyl (C=O) groups is 1. The Hall–Kier alpha value is -2.82. The molecule has 0 N–H and O–H groups in total. The molecule has 138 valence electrons. The lowest BCUT2D eigenvalue weighted by Gasteiger charge is -2.18. The molecule has 0 unspecified atom stereocenters. The van der Waals surface area contributed by atoms with Crippen LogP contribution in [0.15, 0.2) is 53.5 Å². The highest BCUT2D eigenvalue weighted by atomic mass is 16.5. The highest BCUT2D eigenvalue weighted by Crippen LogP contribution is 2.21. The molecule has 2 rings (SSSR count). The molecule has 0 heterocycles. The van der Waals surface area contributed by atoms with Crippen LogP contribution in [0, 0.1) is 0 Å². The average Bonchev–Trinajstić information content (AvgIpc) is 2.69. The molecule has 0 bridgehead atoms. The minimum atomic E-state index is 0.0286. The fourth-order valence-corrected chi connectivity index (χ4v) is 2.46. The van der Waals surface area contributed by atoms with Crippen molar-refractivity contribution in [3.05, 3.63) is 48.5 Å². The van der Waals surface area contributed by atoms with Crippen molar-refractivity contribution in [2.45, 2.75) is 32.6 Å². The number of hydrogen-bond acceptors (Lipinski definition) is 4. The lowest BCUT2D eigenvalue weighted by Crippen LogP contribution is -2.29. The van der Waals surface area contributed by atoms with Crippen LogP contribution in [-0.4, -0.2) is 26.5 Å². The predicted molar refractivity (Wildman–Crippen MR) is 106 cm³/mol. The Kier molecular flexibility index (Phi) is 7.68. The first kappa shape index (κ1) is 19.5. The Morgan fingerprint density at radius 3 is 2.08 bits per heavy atom. The largest absolute Gasteiger partial charge is 0.497 e. The number of rotatable bonds is 9. The van der Waals surface area contributed by atoms with Crippen molar-refractivity contribution in [1.29, 1.82) is 0 Å². The molecule has 2 aromatic carbocycles. The summed E-state index contributed by atoms with van der Waals surface area (Å²) in [5.41, 5.74) is 1.52. The minimum Gasteiger partial charge on any atom is -0.497 e. The van der Waals surface area contributed by atoms with Gasteiger partial charge in [0.2, 0.25) is 5.91 Å². The molecule has 0 atom stereocenters. The number of nitrogens with zero attached hydrogens (tertiary/aromatic N) is 2. The molecule has 0 aromatic heterocycles. The lowest BCUT2D eigenvalue weighted by molar-refractivity contribution is -0.117. The summed E-state index contributed by atoms with van der Waals surface area (Å²) in [6, 6.07) is 14.8. The number of amides is 1. The molecule has 5 heteroatoms. The van der Waals surface area contributed by atoms with Crippen LogP contribution in [0.2, 0.25) is 0 Å². The monoisotopic (exact) mass is 354 g/mol. The Balaban J connectivity index is 2.20. The van der Waals surface area contributed by atoms with Gasteiger partial charge in [-0.1, -0.05) is 19.8 Å². The van der Waals surface area contributed by atoms with E-state index in [0.717, 1.165) is 42.1 Å². The fraction of sp³-hybridized carbons (Fsp3) is 0.333. The molecule has 0 saturated heterocycles. The average molecular weight is 354 g/mol. The zero-order valence-corrected chi connectivity index (χ0v) is 15.6. The van der Waals surface area contributed by atoms with E-state index in [1.807, 2.05) is 48.5 Å². The quantitative estimate of drug-likeness (QED) is 0.363. The van der Waals surface area contributed by atoms with Gasteiger partial charge in [0.05, 0.1) is 25.6 Å². The summed E-state index contributed by atoms with van der Waals surface area (Å²) in [5, 5.41) is 0. The SMILES string of the molecule is CCCCCC(=O)N(C=Nc1ccc(OC)cc1)c1ccc(OC)cc1. The maximum absolute atomic E-state index is 12.7. The summed E-state index contributed by atoms with van der Waals surface area (Å²) >= 11 is 0. The van der Waals surface area contributed by atoms with Crippen molar-refractivity contribution >= 4 is 23.6 Å². The van der Waals surface area contributed by atoms with Crippen LogP contribution in [0.3, 0.4) is 0 Å². The van der Waals surface area contributed by atoms with Crippen molar-refractivity contribution in [3.8, 4) is 11.5 Å². The van der Waals surface area contributed by atoms with E-state index in [0.29, 0.717) is 6.42 Å². The Bertz CT molecular complexity index is 709. The van der Waals surface area contributed by atoms with E-state index in [1.54, 1.807) is 25.5 Å². The molecule has 0 fully saturated rings. The van der Waals surface area contributed by atoms with Crippen LogP contribution in [0.4, 0.5) is 11.4 Å². The summed E-state index contributed by atoms with van der Waals surface area (Å²) in [5.74, 6) is 1.55. The first-order chi connectivity index (χ1) is 12.7. The third kappa shape index (κ3) is 5.62. The van der Waals surface area contributed by atoms with Gasteiger partial charge in [-0.25, -0.2) is 4.99 Å². The van der Waals surface area contributed by atoms with Crippen molar-refractivity contribution in [3.63, 3.8) is 0 Å². The molecule has 0 aliphatic heterocycles. The molecule has 2 aromatic rings. The summed E-state index contributed by atoms with van der Waals surface area (Å²) in [4.78, 5) is 18.7.